The maximum atomic E-state index is 11.8. The molecule has 6 nitrogen and oxygen atoms in total. The smallest absolute Gasteiger partial charge is 0.224 e. The minimum atomic E-state index is -4.15. The van der Waals surface area contributed by atoms with Crippen molar-refractivity contribution >= 4 is 37.6 Å². The van der Waals surface area contributed by atoms with Crippen LogP contribution in [0.25, 0.3) is 0 Å². The predicted octanol–water partition coefficient (Wildman–Crippen LogP) is 1.79. The minimum absolute atomic E-state index is 0.0427. The number of carbonyl (C=O) groups is 1. The van der Waals surface area contributed by atoms with Crippen LogP contribution in [0.15, 0.2) is 0 Å². The van der Waals surface area contributed by atoms with Gasteiger partial charge in [0.1, 0.15) is 0 Å². The summed E-state index contributed by atoms with van der Waals surface area (Å²) in [5.41, 5.74) is 0. The number of amides is 1. The average Bonchev–Trinajstić information content (AvgIpc) is 2.93. The minimum Gasteiger partial charge on any atom is -0.748 e. The van der Waals surface area contributed by atoms with Crippen LogP contribution in [0.3, 0.4) is 0 Å². The highest BCUT2D eigenvalue weighted by atomic mass is 33.1. The molecule has 1 fully saturated rings. The number of hydrogen-bond acceptors (Lipinski definition) is 6. The van der Waals surface area contributed by atoms with Crippen LogP contribution in [0.5, 0.6) is 0 Å². The molecular formula is C14H28N2O4S3. The van der Waals surface area contributed by atoms with Crippen molar-refractivity contribution in [2.24, 2.45) is 0 Å². The second-order valence-electron chi connectivity index (χ2n) is 6.61. The summed E-state index contributed by atoms with van der Waals surface area (Å²) in [6.07, 6.45) is 5.33. The molecule has 1 N–H and O–H groups in total. The summed E-state index contributed by atoms with van der Waals surface area (Å²) in [5, 5.41) is 3.66. The molecule has 9 heteroatoms. The molecule has 0 aromatic rings. The number of unbranched alkanes of at least 4 members (excludes halogenated alkanes) is 1. The molecule has 1 heterocycles. The topological polar surface area (TPSA) is 86.3 Å². The summed E-state index contributed by atoms with van der Waals surface area (Å²) < 4.78 is 32.2. The Hall–Kier alpha value is 0.0400. The third-order valence-corrected chi connectivity index (χ3v) is 7.56. The lowest BCUT2D eigenvalue weighted by Crippen LogP contribution is -2.49. The van der Waals surface area contributed by atoms with Crippen LogP contribution in [0, 0.1) is 0 Å². The van der Waals surface area contributed by atoms with E-state index in [1.54, 1.807) is 0 Å². The summed E-state index contributed by atoms with van der Waals surface area (Å²) in [5.74, 6) is 0.942. The van der Waals surface area contributed by atoms with Gasteiger partial charge in [-0.15, -0.1) is 0 Å². The average molecular weight is 385 g/mol. The first-order valence-corrected chi connectivity index (χ1v) is 11.9. The van der Waals surface area contributed by atoms with Crippen LogP contribution in [0.4, 0.5) is 0 Å². The van der Waals surface area contributed by atoms with Crippen molar-refractivity contribution in [3.8, 4) is 0 Å². The maximum absolute atomic E-state index is 11.8. The zero-order valence-corrected chi connectivity index (χ0v) is 16.4. The monoisotopic (exact) mass is 384 g/mol. The molecule has 0 radical (unpaired) electrons. The van der Waals surface area contributed by atoms with Crippen LogP contribution < -0.4 is 5.32 Å². The Morgan fingerprint density at radius 3 is 2.65 bits per heavy atom. The van der Waals surface area contributed by atoms with Crippen LogP contribution >= 0.6 is 21.6 Å². The molecule has 23 heavy (non-hydrogen) atoms. The van der Waals surface area contributed by atoms with Gasteiger partial charge in [0.05, 0.1) is 30.8 Å². The Morgan fingerprint density at radius 1 is 1.30 bits per heavy atom. The highest BCUT2D eigenvalue weighted by molar-refractivity contribution is 8.77. The van der Waals surface area contributed by atoms with Gasteiger partial charge in [-0.3, -0.25) is 4.79 Å². The van der Waals surface area contributed by atoms with Gasteiger partial charge in [0.25, 0.3) is 0 Å². The lowest BCUT2D eigenvalue weighted by Gasteiger charge is -2.30. The lowest BCUT2D eigenvalue weighted by atomic mass is 10.1. The van der Waals surface area contributed by atoms with Gasteiger partial charge in [-0.2, -0.15) is 0 Å². The normalized spacial score (nSPS) is 19.0. The molecule has 136 valence electrons. The quantitative estimate of drug-likeness (QED) is 0.192. The molecule has 1 aliphatic rings. The van der Waals surface area contributed by atoms with E-state index in [4.69, 9.17) is 0 Å². The van der Waals surface area contributed by atoms with Gasteiger partial charge in [0.15, 0.2) is 6.67 Å². The standard InChI is InChI=1S/C14H28N2O4S3/c1-16(2,9-5-11-23(18,19)20)12-15-14(17)7-4-3-6-13-8-10-21-22-13/h13H,3-12H2,1-2H3,(H-,15,17,18,19,20). The lowest BCUT2D eigenvalue weighted by molar-refractivity contribution is -0.892. The van der Waals surface area contributed by atoms with Crippen molar-refractivity contribution in [1.82, 2.24) is 5.32 Å². The summed E-state index contributed by atoms with van der Waals surface area (Å²) in [6.45, 7) is 0.991. The van der Waals surface area contributed by atoms with E-state index in [1.165, 1.54) is 18.6 Å². The molecule has 1 aliphatic heterocycles. The van der Waals surface area contributed by atoms with Gasteiger partial charge in [-0.25, -0.2) is 8.42 Å². The number of quaternary nitrogens is 1. The van der Waals surface area contributed by atoms with Gasteiger partial charge in [0, 0.05) is 29.6 Å². The molecule has 1 atom stereocenters. The van der Waals surface area contributed by atoms with E-state index in [9.17, 15) is 17.8 Å². The molecule has 0 aromatic heterocycles. The first-order chi connectivity index (χ1) is 10.7. The van der Waals surface area contributed by atoms with Crippen LogP contribution in [0.1, 0.15) is 38.5 Å². The van der Waals surface area contributed by atoms with Crippen LogP contribution in [-0.2, 0) is 14.9 Å². The van der Waals surface area contributed by atoms with E-state index in [-0.39, 0.29) is 11.7 Å². The van der Waals surface area contributed by atoms with Crippen LogP contribution in [-0.4, -0.2) is 67.4 Å². The summed E-state index contributed by atoms with van der Waals surface area (Å²) in [4.78, 5) is 11.8. The first kappa shape index (κ1) is 21.1. The Kier molecular flexibility index (Phi) is 9.28. The highest BCUT2D eigenvalue weighted by Gasteiger charge is 2.17. The van der Waals surface area contributed by atoms with E-state index >= 15 is 0 Å². The van der Waals surface area contributed by atoms with Gasteiger partial charge in [-0.05, 0) is 19.3 Å². The van der Waals surface area contributed by atoms with Crippen LogP contribution in [0.2, 0.25) is 0 Å². The van der Waals surface area contributed by atoms with E-state index < -0.39 is 10.1 Å². The zero-order valence-electron chi connectivity index (χ0n) is 14.0. The van der Waals surface area contributed by atoms with Crippen molar-refractivity contribution < 1.29 is 22.2 Å². The molecule has 0 spiro atoms. The number of rotatable bonds is 11. The van der Waals surface area contributed by atoms with Crippen molar-refractivity contribution in [2.45, 2.75) is 43.8 Å². The largest absolute Gasteiger partial charge is 0.748 e. The molecule has 0 saturated carbocycles. The van der Waals surface area contributed by atoms with Crippen molar-refractivity contribution in [1.29, 1.82) is 0 Å². The Balaban J connectivity index is 2.08. The fourth-order valence-corrected chi connectivity index (χ4v) is 5.87. The maximum Gasteiger partial charge on any atom is 0.224 e. The third-order valence-electron chi connectivity index (χ3n) is 3.77. The molecule has 0 aromatic carbocycles. The summed E-state index contributed by atoms with van der Waals surface area (Å²) in [7, 11) is 3.58. The van der Waals surface area contributed by atoms with E-state index in [0.717, 1.165) is 18.1 Å². The van der Waals surface area contributed by atoms with Gasteiger partial charge >= 0.3 is 0 Å². The third kappa shape index (κ3) is 11.3. The fraction of sp³-hybridized carbons (Fsp3) is 0.929. The number of nitrogens with zero attached hydrogens (tertiary/aromatic N) is 1. The molecule has 1 unspecified atom stereocenters. The Morgan fingerprint density at radius 2 is 2.04 bits per heavy atom. The number of nitrogens with one attached hydrogen (secondary N) is 1. The number of carbonyl (C=O) groups excluding carboxylic acids is 1. The molecular weight excluding hydrogens is 356 g/mol. The van der Waals surface area contributed by atoms with Crippen molar-refractivity contribution in [3.63, 3.8) is 0 Å². The summed E-state index contributed by atoms with van der Waals surface area (Å²) >= 11 is 0. The second-order valence-corrected chi connectivity index (χ2v) is 10.9. The van der Waals surface area contributed by atoms with Gasteiger partial charge in [-0.1, -0.05) is 28.0 Å². The van der Waals surface area contributed by atoms with Crippen molar-refractivity contribution in [2.75, 3.05) is 38.8 Å². The molecule has 1 saturated heterocycles. The van der Waals surface area contributed by atoms with E-state index in [2.05, 4.69) is 5.32 Å². The molecule has 1 rings (SSSR count). The fourth-order valence-electron chi connectivity index (χ4n) is 2.36. The predicted molar refractivity (Wildman–Crippen MR) is 96.1 cm³/mol. The molecule has 0 bridgehead atoms. The number of hydrogen-bond donors (Lipinski definition) is 1. The van der Waals surface area contributed by atoms with E-state index in [1.807, 2.05) is 35.7 Å². The second kappa shape index (κ2) is 10.1. The molecule has 0 aliphatic carbocycles. The first-order valence-electron chi connectivity index (χ1n) is 7.98. The Bertz CT molecular complexity index is 463. The van der Waals surface area contributed by atoms with Gasteiger partial charge in [0.2, 0.25) is 5.91 Å². The zero-order chi connectivity index (χ0) is 17.3. The highest BCUT2D eigenvalue weighted by Crippen LogP contribution is 2.39. The molecule has 1 amide bonds. The van der Waals surface area contributed by atoms with Crippen molar-refractivity contribution in [3.05, 3.63) is 0 Å². The van der Waals surface area contributed by atoms with Gasteiger partial charge < -0.3 is 14.4 Å². The summed E-state index contributed by atoms with van der Waals surface area (Å²) in [6, 6.07) is 0. The SMILES string of the molecule is C[N+](C)(CCCS(=O)(=O)[O-])CNC(=O)CCCCC1CCSS1. The Labute approximate surface area is 147 Å². The van der Waals surface area contributed by atoms with E-state index in [0.29, 0.717) is 30.5 Å².